The third-order valence-electron chi connectivity index (χ3n) is 4.63. The van der Waals surface area contributed by atoms with E-state index in [1.165, 1.54) is 24.3 Å². The van der Waals surface area contributed by atoms with E-state index >= 15 is 0 Å². The Labute approximate surface area is 201 Å². The van der Waals surface area contributed by atoms with Crippen LogP contribution in [-0.2, 0) is 17.8 Å². The van der Waals surface area contributed by atoms with Gasteiger partial charge in [-0.2, -0.15) is 5.26 Å². The summed E-state index contributed by atoms with van der Waals surface area (Å²) in [6.45, 7) is 4.05. The highest BCUT2D eigenvalue weighted by Crippen LogP contribution is 2.26. The molecule has 4 nitrogen and oxygen atoms in total. The Morgan fingerprint density at radius 3 is 2.61 bits per heavy atom. The van der Waals surface area contributed by atoms with Crippen molar-refractivity contribution < 1.29 is 13.9 Å². The molecule has 0 atom stereocenters. The predicted octanol–water partition coefficient (Wildman–Crippen LogP) is 6.99. The number of anilines is 1. The van der Waals surface area contributed by atoms with Crippen molar-refractivity contribution in [2.45, 2.75) is 13.0 Å². The largest absolute Gasteiger partial charge is 0.489 e. The molecule has 1 N–H and O–H groups in total. The highest BCUT2D eigenvalue weighted by Gasteiger charge is 2.13. The van der Waals surface area contributed by atoms with Crippen LogP contribution >= 0.6 is 23.2 Å². The maximum Gasteiger partial charge on any atom is 0.266 e. The number of nitrogens with one attached hydrogen (secondary N) is 1. The fourth-order valence-corrected chi connectivity index (χ4v) is 3.32. The fraction of sp³-hybridized carbons (Fsp3) is 0.0769. The number of para-hydroxylation sites is 1. The van der Waals surface area contributed by atoms with Crippen LogP contribution in [0.5, 0.6) is 5.75 Å². The number of nitriles is 1. The number of carbonyl (C=O) groups is 1. The number of halogens is 3. The third-order valence-corrected chi connectivity index (χ3v) is 5.36. The van der Waals surface area contributed by atoms with Crippen LogP contribution in [0.4, 0.5) is 10.1 Å². The van der Waals surface area contributed by atoms with Gasteiger partial charge in [-0.15, -0.1) is 6.58 Å². The third kappa shape index (κ3) is 6.45. The molecule has 7 heteroatoms. The molecule has 0 saturated heterocycles. The van der Waals surface area contributed by atoms with E-state index in [0.717, 1.165) is 11.1 Å². The Balaban J connectivity index is 1.80. The molecular formula is C26H19Cl2FN2O2. The van der Waals surface area contributed by atoms with Gasteiger partial charge in [-0.3, -0.25) is 4.79 Å². The van der Waals surface area contributed by atoms with Gasteiger partial charge in [0.1, 0.15) is 29.8 Å². The van der Waals surface area contributed by atoms with Crippen LogP contribution in [0.15, 0.2) is 78.9 Å². The smallest absolute Gasteiger partial charge is 0.266 e. The van der Waals surface area contributed by atoms with Crippen molar-refractivity contribution in [3.8, 4) is 11.8 Å². The molecule has 3 rings (SSSR count). The van der Waals surface area contributed by atoms with Gasteiger partial charge < -0.3 is 10.1 Å². The molecule has 1 amide bonds. The summed E-state index contributed by atoms with van der Waals surface area (Å²) in [6.07, 6.45) is 3.68. The van der Waals surface area contributed by atoms with Crippen molar-refractivity contribution in [1.29, 1.82) is 5.26 Å². The molecule has 0 heterocycles. The zero-order chi connectivity index (χ0) is 23.8. The van der Waals surface area contributed by atoms with E-state index in [4.69, 9.17) is 27.9 Å². The van der Waals surface area contributed by atoms with Crippen molar-refractivity contribution >= 4 is 40.9 Å². The van der Waals surface area contributed by atoms with E-state index < -0.39 is 11.7 Å². The predicted molar refractivity (Wildman–Crippen MR) is 130 cm³/mol. The second-order valence-corrected chi connectivity index (χ2v) is 7.82. The zero-order valence-corrected chi connectivity index (χ0v) is 19.0. The Bertz CT molecular complexity index is 1270. The molecular weight excluding hydrogens is 462 g/mol. The summed E-state index contributed by atoms with van der Waals surface area (Å²) in [4.78, 5) is 12.5. The molecule has 0 aliphatic rings. The SMILES string of the molecule is C=CCc1cc(/C=C(/C#N)C(=O)Nc2ccccc2F)ccc1OCc1ccc(Cl)c(Cl)c1. The summed E-state index contributed by atoms with van der Waals surface area (Å²) in [6, 6.07) is 18.2. The summed E-state index contributed by atoms with van der Waals surface area (Å²) < 4.78 is 19.7. The molecule has 0 spiro atoms. The molecule has 166 valence electrons. The number of allylic oxidation sites excluding steroid dienone is 1. The Morgan fingerprint density at radius 2 is 1.91 bits per heavy atom. The minimum absolute atomic E-state index is 0.00190. The van der Waals surface area contributed by atoms with Gasteiger partial charge in [0.2, 0.25) is 0 Å². The number of amides is 1. The summed E-state index contributed by atoms with van der Waals surface area (Å²) in [5, 5.41) is 12.8. The number of hydrogen-bond acceptors (Lipinski definition) is 3. The first-order valence-electron chi connectivity index (χ1n) is 9.89. The zero-order valence-electron chi connectivity index (χ0n) is 17.4. The van der Waals surface area contributed by atoms with Crippen LogP contribution in [0, 0.1) is 17.1 Å². The summed E-state index contributed by atoms with van der Waals surface area (Å²) in [7, 11) is 0. The average molecular weight is 481 g/mol. The fourth-order valence-electron chi connectivity index (χ4n) is 3.00. The second-order valence-electron chi connectivity index (χ2n) is 7.00. The van der Waals surface area contributed by atoms with Crippen molar-refractivity contribution in [2.24, 2.45) is 0 Å². The van der Waals surface area contributed by atoms with Gasteiger partial charge in [0.25, 0.3) is 5.91 Å². The maximum atomic E-state index is 13.8. The lowest BCUT2D eigenvalue weighted by Gasteiger charge is -2.12. The van der Waals surface area contributed by atoms with E-state index in [1.54, 1.807) is 42.5 Å². The number of ether oxygens (including phenoxy) is 1. The molecule has 33 heavy (non-hydrogen) atoms. The van der Waals surface area contributed by atoms with Gasteiger partial charge >= 0.3 is 0 Å². The lowest BCUT2D eigenvalue weighted by Crippen LogP contribution is -2.14. The Hall–Kier alpha value is -3.59. The van der Waals surface area contributed by atoms with Crippen LogP contribution in [0.1, 0.15) is 16.7 Å². The molecule has 0 aliphatic heterocycles. The van der Waals surface area contributed by atoms with Crippen molar-refractivity contribution in [3.05, 3.63) is 111 Å². The monoisotopic (exact) mass is 480 g/mol. The number of hydrogen-bond donors (Lipinski definition) is 1. The highest BCUT2D eigenvalue weighted by atomic mass is 35.5. The molecule has 3 aromatic carbocycles. The second kappa shape index (κ2) is 11.3. The van der Waals surface area contributed by atoms with Gasteiger partial charge in [-0.05, 0) is 65.6 Å². The van der Waals surface area contributed by atoms with Crippen LogP contribution in [0.3, 0.4) is 0 Å². The van der Waals surface area contributed by atoms with Crippen LogP contribution in [-0.4, -0.2) is 5.91 Å². The Kier molecular flexibility index (Phi) is 8.26. The lowest BCUT2D eigenvalue weighted by molar-refractivity contribution is -0.112. The summed E-state index contributed by atoms with van der Waals surface area (Å²) in [5.74, 6) is -0.653. The molecule has 3 aromatic rings. The number of benzene rings is 3. The average Bonchev–Trinajstić information content (AvgIpc) is 2.80. The number of rotatable bonds is 8. The van der Waals surface area contributed by atoms with Crippen LogP contribution < -0.4 is 10.1 Å². The van der Waals surface area contributed by atoms with E-state index in [0.29, 0.717) is 27.8 Å². The van der Waals surface area contributed by atoms with E-state index in [2.05, 4.69) is 11.9 Å². The lowest BCUT2D eigenvalue weighted by atomic mass is 10.0. The topological polar surface area (TPSA) is 62.1 Å². The number of carbonyl (C=O) groups excluding carboxylic acids is 1. The van der Waals surface area contributed by atoms with Crippen molar-refractivity contribution in [2.75, 3.05) is 5.32 Å². The van der Waals surface area contributed by atoms with Gasteiger partial charge in [0.05, 0.1) is 15.7 Å². The molecule has 0 saturated carbocycles. The first-order chi connectivity index (χ1) is 15.9. The minimum atomic E-state index is -0.701. The number of nitrogens with zero attached hydrogens (tertiary/aromatic N) is 1. The van der Waals surface area contributed by atoms with Gasteiger partial charge in [-0.1, -0.05) is 53.5 Å². The molecule has 0 aliphatic carbocycles. The standard InChI is InChI=1S/C26H19Cl2FN2O2/c1-2-5-19-12-17(9-11-25(19)33-16-18-8-10-21(27)22(28)14-18)13-20(15-30)26(32)31-24-7-4-3-6-23(24)29/h2-4,6-14H,1,5,16H2,(H,31,32)/b20-13-. The summed E-state index contributed by atoms with van der Waals surface area (Å²) in [5.41, 5.74) is 2.14. The van der Waals surface area contributed by atoms with Gasteiger partial charge in [0, 0.05) is 0 Å². The maximum absolute atomic E-state index is 13.8. The van der Waals surface area contributed by atoms with Gasteiger partial charge in [-0.25, -0.2) is 4.39 Å². The quantitative estimate of drug-likeness (QED) is 0.214. The minimum Gasteiger partial charge on any atom is -0.489 e. The van der Waals surface area contributed by atoms with Crippen molar-refractivity contribution in [3.63, 3.8) is 0 Å². The Morgan fingerprint density at radius 1 is 1.12 bits per heavy atom. The molecule has 0 aromatic heterocycles. The molecule has 0 radical (unpaired) electrons. The summed E-state index contributed by atoms with van der Waals surface area (Å²) >= 11 is 12.0. The molecule has 0 fully saturated rings. The normalized spacial score (nSPS) is 10.9. The highest BCUT2D eigenvalue weighted by molar-refractivity contribution is 6.42. The molecule has 0 unspecified atom stereocenters. The van der Waals surface area contributed by atoms with E-state index in [1.807, 2.05) is 12.1 Å². The van der Waals surface area contributed by atoms with Gasteiger partial charge in [0.15, 0.2) is 0 Å². The van der Waals surface area contributed by atoms with Crippen LogP contribution in [0.2, 0.25) is 10.0 Å². The first kappa shape index (κ1) is 24.1. The van der Waals surface area contributed by atoms with E-state index in [-0.39, 0.29) is 17.9 Å². The first-order valence-corrected chi connectivity index (χ1v) is 10.6. The van der Waals surface area contributed by atoms with Crippen LogP contribution in [0.25, 0.3) is 6.08 Å². The van der Waals surface area contributed by atoms with E-state index in [9.17, 15) is 14.4 Å². The molecule has 0 bridgehead atoms. The van der Waals surface area contributed by atoms with Crippen molar-refractivity contribution in [1.82, 2.24) is 0 Å².